The SMILES string of the molecule is C=CC(=O)N1CCN(C(=O)N(C)[C@H](C(=O)N[C@H]2Cc3nc(cs3)-c3ccc4c(c3)c(c(-c3cccnc3[C@H](C)OC)n4CC(F)(F)F)CC(C)(C)COC(=O)[C@@H]3CCCN(N3)C2=O)C(C)C)CC12CC2. The van der Waals surface area contributed by atoms with Crippen molar-refractivity contribution >= 4 is 52.0 Å². The molecule has 3 fully saturated rings. The van der Waals surface area contributed by atoms with E-state index in [1.807, 2.05) is 39.1 Å². The number of cyclic esters (lactones) is 1. The van der Waals surface area contributed by atoms with Crippen LogP contribution in [0, 0.1) is 11.3 Å². The molecule has 0 unspecified atom stereocenters. The molecule has 6 heterocycles. The summed E-state index contributed by atoms with van der Waals surface area (Å²) in [5.74, 6) is -2.24. The zero-order chi connectivity index (χ0) is 50.4. The van der Waals surface area contributed by atoms with Crippen molar-refractivity contribution in [3.63, 3.8) is 0 Å². The number of nitrogens with zero attached hydrogens (tertiary/aromatic N) is 7. The smallest absolute Gasteiger partial charge is 0.406 e. The van der Waals surface area contributed by atoms with Crippen molar-refractivity contribution in [2.24, 2.45) is 11.3 Å². The summed E-state index contributed by atoms with van der Waals surface area (Å²) in [6, 6.07) is 5.15. The van der Waals surface area contributed by atoms with Crippen molar-refractivity contribution in [3.05, 3.63) is 70.8 Å². The number of rotatable bonds is 9. The number of hydrogen-bond acceptors (Lipinski definition) is 11. The molecular formula is C50H62F3N9O7S. The average molecular weight is 990 g/mol. The van der Waals surface area contributed by atoms with Gasteiger partial charge >= 0.3 is 18.2 Å². The maximum Gasteiger partial charge on any atom is 0.406 e. The molecule has 70 heavy (non-hydrogen) atoms. The topological polar surface area (TPSA) is 172 Å². The fourth-order valence-corrected chi connectivity index (χ4v) is 11.1. The highest BCUT2D eigenvalue weighted by Crippen LogP contribution is 2.45. The Hall–Kier alpha value is -5.86. The second kappa shape index (κ2) is 19.7. The average Bonchev–Trinajstić information content (AvgIpc) is 3.81. The summed E-state index contributed by atoms with van der Waals surface area (Å²) in [5, 5.41) is 7.15. The predicted octanol–water partition coefficient (Wildman–Crippen LogP) is 6.68. The van der Waals surface area contributed by atoms with Gasteiger partial charge in [-0.2, -0.15) is 13.2 Å². The van der Waals surface area contributed by atoms with Crippen LogP contribution in [-0.2, 0) is 48.0 Å². The highest BCUT2D eigenvalue weighted by molar-refractivity contribution is 7.10. The number of esters is 1. The van der Waals surface area contributed by atoms with Gasteiger partial charge in [0, 0.05) is 85.8 Å². The number of aromatic nitrogens is 3. The molecule has 376 valence electrons. The third kappa shape index (κ3) is 10.3. The van der Waals surface area contributed by atoms with Gasteiger partial charge in [-0.3, -0.25) is 29.2 Å². The van der Waals surface area contributed by atoms with Crippen molar-refractivity contribution in [1.29, 1.82) is 0 Å². The van der Waals surface area contributed by atoms with Gasteiger partial charge in [0.15, 0.2) is 0 Å². The lowest BCUT2D eigenvalue weighted by Gasteiger charge is -2.44. The van der Waals surface area contributed by atoms with Crippen LogP contribution < -0.4 is 10.7 Å². The number of pyridine rings is 1. The summed E-state index contributed by atoms with van der Waals surface area (Å²) in [6.07, 6.45) is 0.172. The second-order valence-electron chi connectivity index (χ2n) is 20.2. The second-order valence-corrected chi connectivity index (χ2v) is 21.1. The number of alkyl halides is 3. The number of hydrazine groups is 1. The van der Waals surface area contributed by atoms with Crippen LogP contribution in [0.1, 0.15) is 82.7 Å². The molecule has 20 heteroatoms. The molecule has 1 spiro atoms. The zero-order valence-electron chi connectivity index (χ0n) is 40.7. The molecule has 4 atom stereocenters. The number of urea groups is 1. The first-order chi connectivity index (χ1) is 33.1. The number of amides is 5. The molecule has 6 bridgehead atoms. The molecule has 16 nitrogen and oxygen atoms in total. The van der Waals surface area contributed by atoms with Crippen LogP contribution in [0.3, 0.4) is 0 Å². The van der Waals surface area contributed by atoms with Crippen LogP contribution in [0.4, 0.5) is 18.0 Å². The summed E-state index contributed by atoms with van der Waals surface area (Å²) in [5.41, 5.74) is 5.13. The number of halogens is 3. The molecule has 4 aromatic rings. The van der Waals surface area contributed by atoms with E-state index in [0.29, 0.717) is 75.6 Å². The quantitative estimate of drug-likeness (QED) is 0.136. The molecule has 1 saturated carbocycles. The van der Waals surface area contributed by atoms with E-state index in [9.17, 15) is 37.1 Å². The molecule has 4 aliphatic rings. The Kier molecular flexibility index (Phi) is 14.2. The number of likely N-dealkylation sites (N-methyl/N-ethyl adjacent to an activating group) is 1. The number of ether oxygens (including phenoxy) is 2. The number of carbonyl (C=O) groups excluding carboxylic acids is 5. The van der Waals surface area contributed by atoms with Crippen molar-refractivity contribution in [3.8, 4) is 22.5 Å². The first-order valence-electron chi connectivity index (χ1n) is 23.8. The van der Waals surface area contributed by atoms with Crippen LogP contribution in [0.15, 0.2) is 54.6 Å². The molecular weight excluding hydrogens is 928 g/mol. The minimum atomic E-state index is -4.60. The molecule has 2 saturated heterocycles. The van der Waals surface area contributed by atoms with E-state index >= 15 is 0 Å². The van der Waals surface area contributed by atoms with Crippen molar-refractivity contribution in [2.45, 2.75) is 116 Å². The molecule has 1 aromatic carbocycles. The summed E-state index contributed by atoms with van der Waals surface area (Å²) in [6.45, 7) is 12.6. The molecule has 3 aliphatic heterocycles. The predicted molar refractivity (Wildman–Crippen MR) is 257 cm³/mol. The molecule has 8 rings (SSSR count). The van der Waals surface area contributed by atoms with Crippen LogP contribution in [0.25, 0.3) is 33.4 Å². The van der Waals surface area contributed by atoms with E-state index < -0.39 is 65.7 Å². The van der Waals surface area contributed by atoms with Crippen molar-refractivity contribution < 1.29 is 46.6 Å². The highest BCUT2D eigenvalue weighted by atomic mass is 32.1. The van der Waals surface area contributed by atoms with E-state index in [1.165, 1.54) is 39.0 Å². The number of benzene rings is 1. The van der Waals surface area contributed by atoms with E-state index in [4.69, 9.17) is 14.5 Å². The molecule has 3 aromatic heterocycles. The van der Waals surface area contributed by atoms with Gasteiger partial charge in [-0.15, -0.1) is 11.3 Å². The van der Waals surface area contributed by atoms with Gasteiger partial charge in [-0.1, -0.05) is 40.3 Å². The summed E-state index contributed by atoms with van der Waals surface area (Å²) >= 11 is 1.26. The van der Waals surface area contributed by atoms with Crippen LogP contribution in [-0.4, -0.2) is 141 Å². The normalized spacial score (nSPS) is 21.3. The molecule has 2 N–H and O–H groups in total. The Balaban J connectivity index is 1.17. The van der Waals surface area contributed by atoms with Gasteiger partial charge in [0.1, 0.15) is 24.7 Å². The Morgan fingerprint density at radius 1 is 1.13 bits per heavy atom. The Morgan fingerprint density at radius 3 is 2.57 bits per heavy atom. The van der Waals surface area contributed by atoms with Gasteiger partial charge in [-0.05, 0) is 80.9 Å². The van der Waals surface area contributed by atoms with Crippen LogP contribution in [0.5, 0.6) is 0 Å². The van der Waals surface area contributed by atoms with Crippen molar-refractivity contribution in [2.75, 3.05) is 46.9 Å². The number of thiazole rings is 1. The fraction of sp³-hybridized carbons (Fsp3) is 0.540. The number of fused-ring (bicyclic) bond motifs is 6. The molecule has 5 amide bonds. The van der Waals surface area contributed by atoms with Gasteiger partial charge in [0.25, 0.3) is 5.91 Å². The lowest BCUT2D eigenvalue weighted by molar-refractivity contribution is -0.155. The van der Waals surface area contributed by atoms with E-state index in [2.05, 4.69) is 22.3 Å². The Labute approximate surface area is 409 Å². The van der Waals surface area contributed by atoms with Crippen LogP contribution in [0.2, 0.25) is 0 Å². The lowest BCUT2D eigenvalue weighted by atomic mass is 9.84. The lowest BCUT2D eigenvalue weighted by Crippen LogP contribution is -2.64. The summed E-state index contributed by atoms with van der Waals surface area (Å²) < 4.78 is 56.9. The van der Waals surface area contributed by atoms with E-state index in [-0.39, 0.29) is 50.4 Å². The third-order valence-electron chi connectivity index (χ3n) is 14.0. The monoisotopic (exact) mass is 989 g/mol. The van der Waals surface area contributed by atoms with Gasteiger partial charge in [0.2, 0.25) is 11.8 Å². The van der Waals surface area contributed by atoms with Crippen LogP contribution >= 0.6 is 11.3 Å². The first-order valence-corrected chi connectivity index (χ1v) is 24.7. The Morgan fingerprint density at radius 2 is 1.89 bits per heavy atom. The Bertz CT molecular complexity index is 2680. The highest BCUT2D eigenvalue weighted by Gasteiger charge is 2.54. The number of methoxy groups -OCH3 is 1. The summed E-state index contributed by atoms with van der Waals surface area (Å²) in [7, 11) is 3.08. The maximum absolute atomic E-state index is 14.7. The number of piperazine rings is 1. The van der Waals surface area contributed by atoms with Crippen molar-refractivity contribution in [1.82, 2.24) is 45.0 Å². The largest absolute Gasteiger partial charge is 0.464 e. The third-order valence-corrected chi connectivity index (χ3v) is 14.9. The van der Waals surface area contributed by atoms with E-state index in [0.717, 1.165) is 12.8 Å². The molecule has 0 radical (unpaired) electrons. The van der Waals surface area contributed by atoms with Gasteiger partial charge < -0.3 is 34.1 Å². The maximum atomic E-state index is 14.7. The number of nitrogens with one attached hydrogen (secondary N) is 2. The van der Waals surface area contributed by atoms with Gasteiger partial charge in [-0.25, -0.2) is 15.2 Å². The minimum Gasteiger partial charge on any atom is -0.464 e. The fourth-order valence-electron chi connectivity index (χ4n) is 10.3. The minimum absolute atomic E-state index is 0.0535. The zero-order valence-corrected chi connectivity index (χ0v) is 41.5. The number of hydrogen-bond donors (Lipinski definition) is 2. The number of carbonyl (C=O) groups is 5. The first kappa shape index (κ1) is 50.5. The molecule has 1 aliphatic carbocycles. The van der Waals surface area contributed by atoms with Gasteiger partial charge in [0.05, 0.1) is 40.3 Å². The standard InChI is InChI=1S/C50H62F3N9O7S/c1-9-40(63)61-21-20-59(26-49(61)16-17-49)47(67)58(7)42(29(2)3)44(64)56-36-23-39-55-37(25-70-39)31-14-15-38-33(22-31)34(24-48(5,6)28-69-46(66)35-13-11-19-62(57-35)45(36)65)43(60(38)27-50(51,52)53)32-12-10-18-54-41(32)30(4)68-8/h9-10,12,14-15,18,22,25,29-30,35-36,42,57H,1,11,13,16-17,19-21,23-24,26-28H2,2-8H3,(H,56,64)/t30-,35-,36-,42-/m0/s1. The summed E-state index contributed by atoms with van der Waals surface area (Å²) in [4.78, 5) is 84.3. The van der Waals surface area contributed by atoms with E-state index in [1.54, 1.807) is 54.2 Å².